The smallest absolute Gasteiger partial charge is 0.331 e. The minimum Gasteiger partial charge on any atom is -0.493 e. The Hall–Kier alpha value is -2.99. The highest BCUT2D eigenvalue weighted by molar-refractivity contribution is 6.30. The van der Waals surface area contributed by atoms with E-state index in [-0.39, 0.29) is 0 Å². The molecule has 1 N–H and O–H groups in total. The van der Waals surface area contributed by atoms with Crippen LogP contribution in [0.3, 0.4) is 0 Å². The lowest BCUT2D eigenvalue weighted by molar-refractivity contribution is -0.142. The van der Waals surface area contributed by atoms with Crippen LogP contribution in [0.15, 0.2) is 48.5 Å². The highest BCUT2D eigenvalue weighted by atomic mass is 35.5. The van der Waals surface area contributed by atoms with Gasteiger partial charge in [-0.15, -0.1) is 0 Å². The Morgan fingerprint density at radius 1 is 1.15 bits per heavy atom. The van der Waals surface area contributed by atoms with Crippen LogP contribution < -0.4 is 14.8 Å². The van der Waals surface area contributed by atoms with Gasteiger partial charge in [0.25, 0.3) is 5.91 Å². The summed E-state index contributed by atoms with van der Waals surface area (Å²) in [6, 6.07) is 12.0. The third kappa shape index (κ3) is 6.67. The Kier molecular flexibility index (Phi) is 7.70. The number of rotatable bonds is 8. The van der Waals surface area contributed by atoms with E-state index in [1.807, 2.05) is 6.92 Å². The molecule has 6 nitrogen and oxygen atoms in total. The minimum atomic E-state index is -0.635. The Bertz CT molecular complexity index is 835. The molecule has 0 heterocycles. The molecule has 142 valence electrons. The highest BCUT2D eigenvalue weighted by Gasteiger charge is 2.07. The van der Waals surface area contributed by atoms with Gasteiger partial charge in [-0.3, -0.25) is 4.79 Å². The summed E-state index contributed by atoms with van der Waals surface area (Å²) >= 11 is 5.84. The number of amides is 1. The fraction of sp³-hybridized carbons (Fsp3) is 0.200. The maximum absolute atomic E-state index is 11.8. The van der Waals surface area contributed by atoms with Crippen molar-refractivity contribution in [3.8, 4) is 11.5 Å². The van der Waals surface area contributed by atoms with Crippen LogP contribution in [0.1, 0.15) is 12.5 Å². The van der Waals surface area contributed by atoms with Crippen molar-refractivity contribution in [3.05, 3.63) is 59.1 Å². The van der Waals surface area contributed by atoms with E-state index in [1.165, 1.54) is 13.2 Å². The van der Waals surface area contributed by atoms with Crippen LogP contribution in [0.2, 0.25) is 5.02 Å². The standard InChI is InChI=1S/C20H20ClNO5/c1-3-26-17-9-7-14(11-18(17)25-2)8-10-20(24)27-13-19(23)22-16-6-4-5-15(21)12-16/h4-12H,3,13H2,1-2H3,(H,22,23)/b10-8+. The lowest BCUT2D eigenvalue weighted by atomic mass is 10.2. The topological polar surface area (TPSA) is 73.9 Å². The summed E-state index contributed by atoms with van der Waals surface area (Å²) in [6.07, 6.45) is 2.80. The fourth-order valence-electron chi connectivity index (χ4n) is 2.17. The average molecular weight is 390 g/mol. The quantitative estimate of drug-likeness (QED) is 0.546. The number of ether oxygens (including phenoxy) is 3. The maximum atomic E-state index is 11.8. The van der Waals surface area contributed by atoms with E-state index in [2.05, 4.69) is 5.32 Å². The maximum Gasteiger partial charge on any atom is 0.331 e. The Morgan fingerprint density at radius 3 is 2.67 bits per heavy atom. The van der Waals surface area contributed by atoms with Crippen LogP contribution in [0.4, 0.5) is 5.69 Å². The van der Waals surface area contributed by atoms with E-state index < -0.39 is 18.5 Å². The molecule has 0 atom stereocenters. The predicted molar refractivity (Wildman–Crippen MR) is 104 cm³/mol. The van der Waals surface area contributed by atoms with Gasteiger partial charge in [0.1, 0.15) is 0 Å². The lowest BCUT2D eigenvalue weighted by Crippen LogP contribution is -2.20. The molecule has 0 fully saturated rings. The van der Waals surface area contributed by atoms with Gasteiger partial charge in [0, 0.05) is 16.8 Å². The number of nitrogens with one attached hydrogen (secondary N) is 1. The number of esters is 1. The zero-order valence-corrected chi connectivity index (χ0v) is 15.8. The highest BCUT2D eigenvalue weighted by Crippen LogP contribution is 2.28. The van der Waals surface area contributed by atoms with Crippen LogP contribution >= 0.6 is 11.6 Å². The molecule has 1 amide bonds. The molecule has 2 aromatic rings. The van der Waals surface area contributed by atoms with Crippen molar-refractivity contribution in [1.29, 1.82) is 0 Å². The van der Waals surface area contributed by atoms with Gasteiger partial charge in [-0.25, -0.2) is 4.79 Å². The normalized spacial score (nSPS) is 10.5. The molecule has 0 saturated carbocycles. The summed E-state index contributed by atoms with van der Waals surface area (Å²) in [5, 5.41) is 3.09. The van der Waals surface area contributed by atoms with E-state index >= 15 is 0 Å². The first-order valence-electron chi connectivity index (χ1n) is 8.23. The van der Waals surface area contributed by atoms with Crippen LogP contribution in [-0.4, -0.2) is 32.2 Å². The zero-order chi connectivity index (χ0) is 19.6. The molecule has 0 aromatic heterocycles. The van der Waals surface area contributed by atoms with Gasteiger partial charge in [-0.2, -0.15) is 0 Å². The van der Waals surface area contributed by atoms with Crippen LogP contribution in [0, 0.1) is 0 Å². The largest absolute Gasteiger partial charge is 0.493 e. The van der Waals surface area contributed by atoms with E-state index in [0.717, 1.165) is 5.56 Å². The van der Waals surface area contributed by atoms with Gasteiger partial charge in [-0.05, 0) is 48.9 Å². The molecule has 0 aliphatic rings. The minimum absolute atomic E-state index is 0.401. The van der Waals surface area contributed by atoms with Crippen molar-refractivity contribution in [3.63, 3.8) is 0 Å². The molecule has 0 spiro atoms. The molecule has 0 aliphatic heterocycles. The number of anilines is 1. The van der Waals surface area contributed by atoms with Gasteiger partial charge >= 0.3 is 5.97 Å². The molecule has 2 aromatic carbocycles. The lowest BCUT2D eigenvalue weighted by Gasteiger charge is -2.09. The number of methoxy groups -OCH3 is 1. The number of benzene rings is 2. The molecule has 0 bridgehead atoms. The molecular weight excluding hydrogens is 370 g/mol. The van der Waals surface area contributed by atoms with E-state index in [0.29, 0.717) is 28.8 Å². The Morgan fingerprint density at radius 2 is 1.96 bits per heavy atom. The number of carbonyl (C=O) groups is 2. The number of halogens is 1. The van der Waals surface area contributed by atoms with Crippen molar-refractivity contribution in [2.24, 2.45) is 0 Å². The predicted octanol–water partition coefficient (Wildman–Crippen LogP) is 3.94. The molecule has 7 heteroatoms. The van der Waals surface area contributed by atoms with Crippen molar-refractivity contribution in [2.75, 3.05) is 25.6 Å². The summed E-state index contributed by atoms with van der Waals surface area (Å²) < 4.78 is 15.6. The first-order valence-corrected chi connectivity index (χ1v) is 8.60. The van der Waals surface area contributed by atoms with Gasteiger partial charge in [0.05, 0.1) is 13.7 Å². The summed E-state index contributed by atoms with van der Waals surface area (Å²) in [5.74, 6) is 0.0940. The molecule has 0 aliphatic carbocycles. The molecule has 2 rings (SSSR count). The summed E-state index contributed by atoms with van der Waals surface area (Å²) in [4.78, 5) is 23.6. The average Bonchev–Trinajstić information content (AvgIpc) is 2.65. The van der Waals surface area contributed by atoms with E-state index in [4.69, 9.17) is 25.8 Å². The summed E-state index contributed by atoms with van der Waals surface area (Å²) in [5.41, 5.74) is 1.26. The Labute approximate surface area is 162 Å². The third-order valence-electron chi connectivity index (χ3n) is 3.35. The van der Waals surface area contributed by atoms with Crippen molar-refractivity contribution >= 4 is 35.2 Å². The summed E-state index contributed by atoms with van der Waals surface area (Å²) in [6.45, 7) is 2.00. The van der Waals surface area contributed by atoms with Gasteiger partial charge in [0.2, 0.25) is 0 Å². The second kappa shape index (κ2) is 10.2. The van der Waals surface area contributed by atoms with Gasteiger partial charge in [-0.1, -0.05) is 23.7 Å². The molecule has 0 radical (unpaired) electrons. The fourth-order valence-corrected chi connectivity index (χ4v) is 2.37. The van der Waals surface area contributed by atoms with Crippen LogP contribution in [0.5, 0.6) is 11.5 Å². The van der Waals surface area contributed by atoms with Crippen LogP contribution in [0.25, 0.3) is 6.08 Å². The van der Waals surface area contributed by atoms with Gasteiger partial charge < -0.3 is 19.5 Å². The van der Waals surface area contributed by atoms with Crippen molar-refractivity contribution in [1.82, 2.24) is 0 Å². The number of carbonyl (C=O) groups excluding carboxylic acids is 2. The first-order chi connectivity index (χ1) is 13.0. The second-order valence-electron chi connectivity index (χ2n) is 5.34. The zero-order valence-electron chi connectivity index (χ0n) is 15.0. The van der Waals surface area contributed by atoms with E-state index in [9.17, 15) is 9.59 Å². The number of hydrogen-bond donors (Lipinski definition) is 1. The third-order valence-corrected chi connectivity index (χ3v) is 3.59. The van der Waals surface area contributed by atoms with Crippen molar-refractivity contribution < 1.29 is 23.8 Å². The summed E-state index contributed by atoms with van der Waals surface area (Å²) in [7, 11) is 1.54. The molecule has 0 unspecified atom stereocenters. The first kappa shape index (κ1) is 20.3. The number of hydrogen-bond acceptors (Lipinski definition) is 5. The Balaban J connectivity index is 1.86. The van der Waals surface area contributed by atoms with E-state index in [1.54, 1.807) is 48.5 Å². The molecule has 27 heavy (non-hydrogen) atoms. The van der Waals surface area contributed by atoms with Crippen molar-refractivity contribution in [2.45, 2.75) is 6.92 Å². The SMILES string of the molecule is CCOc1ccc(/C=C/C(=O)OCC(=O)Nc2cccc(Cl)c2)cc1OC. The molecular formula is C20H20ClNO5. The van der Waals surface area contributed by atoms with Crippen LogP contribution in [-0.2, 0) is 14.3 Å². The monoisotopic (exact) mass is 389 g/mol. The van der Waals surface area contributed by atoms with Gasteiger partial charge in [0.15, 0.2) is 18.1 Å². The molecule has 0 saturated heterocycles. The second-order valence-corrected chi connectivity index (χ2v) is 5.78.